The van der Waals surface area contributed by atoms with Crippen LogP contribution in [0.25, 0.3) is 22.3 Å². The van der Waals surface area contributed by atoms with E-state index in [1.165, 1.54) is 0 Å². The van der Waals surface area contributed by atoms with Gasteiger partial charge in [0.15, 0.2) is 5.82 Å². The lowest BCUT2D eigenvalue weighted by Crippen LogP contribution is -2.22. The van der Waals surface area contributed by atoms with Gasteiger partial charge in [-0.25, -0.2) is 15.0 Å². The molecule has 0 amide bonds. The second-order valence-electron chi connectivity index (χ2n) is 6.35. The van der Waals surface area contributed by atoms with E-state index in [4.69, 9.17) is 9.97 Å². The number of pyridine rings is 2. The third-order valence-corrected chi connectivity index (χ3v) is 4.64. The number of rotatable bonds is 6. The van der Waals surface area contributed by atoms with Crippen LogP contribution < -0.4 is 10.2 Å². The lowest BCUT2D eigenvalue weighted by molar-refractivity contribution is 0.846. The molecule has 0 saturated heterocycles. The fraction of sp³-hybridized carbons (Fsp3) is 0.182. The molecular formula is C22H22N6. The fourth-order valence-electron chi connectivity index (χ4n) is 3.13. The van der Waals surface area contributed by atoms with E-state index >= 15 is 0 Å². The molecule has 0 aliphatic carbocycles. The number of hydrogen-bond donors (Lipinski definition) is 1. The summed E-state index contributed by atoms with van der Waals surface area (Å²) < 4.78 is 0. The molecule has 0 atom stereocenters. The van der Waals surface area contributed by atoms with Crippen molar-refractivity contribution in [3.63, 3.8) is 0 Å². The highest BCUT2D eigenvalue weighted by molar-refractivity contribution is 5.92. The minimum atomic E-state index is 0.663. The highest BCUT2D eigenvalue weighted by atomic mass is 15.2. The molecule has 0 spiro atoms. The van der Waals surface area contributed by atoms with Gasteiger partial charge in [-0.3, -0.25) is 4.98 Å². The molecule has 4 rings (SSSR count). The van der Waals surface area contributed by atoms with Gasteiger partial charge in [0.1, 0.15) is 11.6 Å². The number of para-hydroxylation sites is 1. The van der Waals surface area contributed by atoms with Crippen molar-refractivity contribution in [1.82, 2.24) is 19.9 Å². The second kappa shape index (κ2) is 8.00. The van der Waals surface area contributed by atoms with Gasteiger partial charge in [0.2, 0.25) is 0 Å². The van der Waals surface area contributed by atoms with Gasteiger partial charge in [-0.1, -0.05) is 12.1 Å². The standard InChI is InChI=1S/C22H22N6/c1-3-28(4-2)20-10-9-17(15-24-20)25-22-18-7-5-6-8-19(18)26-21(27-22)16-11-13-23-14-12-16/h5-15H,3-4H2,1-2H3,(H,25,26,27). The summed E-state index contributed by atoms with van der Waals surface area (Å²) in [6, 6.07) is 15.9. The lowest BCUT2D eigenvalue weighted by atomic mass is 10.2. The highest BCUT2D eigenvalue weighted by Crippen LogP contribution is 2.27. The van der Waals surface area contributed by atoms with Gasteiger partial charge in [0.05, 0.1) is 17.4 Å². The summed E-state index contributed by atoms with van der Waals surface area (Å²) in [4.78, 5) is 20.4. The van der Waals surface area contributed by atoms with E-state index in [0.717, 1.165) is 46.9 Å². The maximum atomic E-state index is 4.77. The predicted molar refractivity (Wildman–Crippen MR) is 114 cm³/mol. The van der Waals surface area contributed by atoms with E-state index in [-0.39, 0.29) is 0 Å². The van der Waals surface area contributed by atoms with Crippen LogP contribution in [0.2, 0.25) is 0 Å². The number of anilines is 3. The van der Waals surface area contributed by atoms with Crippen molar-refractivity contribution in [1.29, 1.82) is 0 Å². The first-order valence-electron chi connectivity index (χ1n) is 9.43. The molecule has 0 aliphatic heterocycles. The Hall–Kier alpha value is -3.54. The zero-order valence-electron chi connectivity index (χ0n) is 16.0. The minimum absolute atomic E-state index is 0.663. The highest BCUT2D eigenvalue weighted by Gasteiger charge is 2.10. The summed E-state index contributed by atoms with van der Waals surface area (Å²) in [7, 11) is 0. The van der Waals surface area contributed by atoms with Crippen molar-refractivity contribution in [2.75, 3.05) is 23.3 Å². The summed E-state index contributed by atoms with van der Waals surface area (Å²) in [5, 5.41) is 4.38. The molecule has 1 aromatic carbocycles. The van der Waals surface area contributed by atoms with Crippen LogP contribution in [0.3, 0.4) is 0 Å². The van der Waals surface area contributed by atoms with Crippen LogP contribution in [0.1, 0.15) is 13.8 Å². The van der Waals surface area contributed by atoms with Gasteiger partial charge in [0, 0.05) is 36.4 Å². The average molecular weight is 370 g/mol. The van der Waals surface area contributed by atoms with Gasteiger partial charge in [-0.2, -0.15) is 0 Å². The molecule has 3 heterocycles. The lowest BCUT2D eigenvalue weighted by Gasteiger charge is -2.19. The maximum Gasteiger partial charge on any atom is 0.162 e. The fourth-order valence-corrected chi connectivity index (χ4v) is 3.13. The van der Waals surface area contributed by atoms with Crippen LogP contribution in [0, 0.1) is 0 Å². The zero-order valence-corrected chi connectivity index (χ0v) is 16.0. The molecule has 1 N–H and O–H groups in total. The summed E-state index contributed by atoms with van der Waals surface area (Å²) >= 11 is 0. The smallest absolute Gasteiger partial charge is 0.162 e. The summed E-state index contributed by atoms with van der Waals surface area (Å²) in [6.45, 7) is 6.13. The maximum absolute atomic E-state index is 4.77. The van der Waals surface area contributed by atoms with E-state index in [1.54, 1.807) is 12.4 Å². The first-order chi connectivity index (χ1) is 13.8. The number of benzene rings is 1. The average Bonchev–Trinajstić information content (AvgIpc) is 2.76. The van der Waals surface area contributed by atoms with Crippen molar-refractivity contribution in [2.45, 2.75) is 13.8 Å². The Morgan fingerprint density at radius 3 is 2.39 bits per heavy atom. The largest absolute Gasteiger partial charge is 0.357 e. The van der Waals surface area contributed by atoms with Gasteiger partial charge in [0.25, 0.3) is 0 Å². The molecule has 0 fully saturated rings. The van der Waals surface area contributed by atoms with Crippen LogP contribution in [0.15, 0.2) is 67.1 Å². The van der Waals surface area contributed by atoms with E-state index in [2.05, 4.69) is 34.0 Å². The van der Waals surface area contributed by atoms with Crippen molar-refractivity contribution < 1.29 is 0 Å². The van der Waals surface area contributed by atoms with Crippen LogP contribution >= 0.6 is 0 Å². The van der Waals surface area contributed by atoms with Crippen molar-refractivity contribution in [3.8, 4) is 11.4 Å². The van der Waals surface area contributed by atoms with Crippen LogP contribution in [0.4, 0.5) is 17.3 Å². The number of fused-ring (bicyclic) bond motifs is 1. The summed E-state index contributed by atoms with van der Waals surface area (Å²) in [6.07, 6.45) is 5.34. The third kappa shape index (κ3) is 3.62. The van der Waals surface area contributed by atoms with Gasteiger partial charge in [-0.15, -0.1) is 0 Å². The Morgan fingerprint density at radius 2 is 1.68 bits per heavy atom. The van der Waals surface area contributed by atoms with Gasteiger partial charge in [-0.05, 0) is 50.2 Å². The molecule has 6 nitrogen and oxygen atoms in total. The van der Waals surface area contributed by atoms with E-state index in [9.17, 15) is 0 Å². The molecular weight excluding hydrogens is 348 g/mol. The van der Waals surface area contributed by atoms with Crippen LogP contribution in [-0.2, 0) is 0 Å². The number of nitrogens with one attached hydrogen (secondary N) is 1. The van der Waals surface area contributed by atoms with Crippen LogP contribution in [-0.4, -0.2) is 33.0 Å². The van der Waals surface area contributed by atoms with E-state index < -0.39 is 0 Å². The van der Waals surface area contributed by atoms with Crippen LogP contribution in [0.5, 0.6) is 0 Å². The molecule has 140 valence electrons. The molecule has 28 heavy (non-hydrogen) atoms. The molecule has 3 aromatic heterocycles. The molecule has 6 heteroatoms. The number of hydrogen-bond acceptors (Lipinski definition) is 6. The number of nitrogens with zero attached hydrogens (tertiary/aromatic N) is 5. The molecule has 0 aliphatic rings. The third-order valence-electron chi connectivity index (χ3n) is 4.64. The van der Waals surface area contributed by atoms with E-state index in [1.807, 2.05) is 54.7 Å². The molecule has 4 aromatic rings. The van der Waals surface area contributed by atoms with E-state index in [0.29, 0.717) is 5.82 Å². The molecule has 0 radical (unpaired) electrons. The predicted octanol–water partition coefficient (Wildman–Crippen LogP) is 4.68. The first kappa shape index (κ1) is 17.9. The Kier molecular flexibility index (Phi) is 5.10. The topological polar surface area (TPSA) is 66.8 Å². The Balaban J connectivity index is 1.72. The summed E-state index contributed by atoms with van der Waals surface area (Å²) in [5.74, 6) is 2.40. The minimum Gasteiger partial charge on any atom is -0.357 e. The molecule has 0 unspecified atom stereocenters. The summed E-state index contributed by atoms with van der Waals surface area (Å²) in [5.41, 5.74) is 2.71. The van der Waals surface area contributed by atoms with Gasteiger partial charge < -0.3 is 10.2 Å². The Labute approximate surface area is 164 Å². The monoisotopic (exact) mass is 370 g/mol. The Morgan fingerprint density at radius 1 is 0.893 bits per heavy atom. The zero-order chi connectivity index (χ0) is 19.3. The molecule has 0 saturated carbocycles. The normalized spacial score (nSPS) is 10.8. The number of aromatic nitrogens is 4. The van der Waals surface area contributed by atoms with Crippen molar-refractivity contribution in [2.24, 2.45) is 0 Å². The van der Waals surface area contributed by atoms with Crippen molar-refractivity contribution in [3.05, 3.63) is 67.1 Å². The molecule has 0 bridgehead atoms. The quantitative estimate of drug-likeness (QED) is 0.532. The SMILES string of the molecule is CCN(CC)c1ccc(Nc2nc(-c3ccncc3)nc3ccccc23)cn1. The first-order valence-corrected chi connectivity index (χ1v) is 9.43. The van der Waals surface area contributed by atoms with Gasteiger partial charge >= 0.3 is 0 Å². The van der Waals surface area contributed by atoms with Crippen molar-refractivity contribution >= 4 is 28.2 Å². The Bertz CT molecular complexity index is 1060. The second-order valence-corrected chi connectivity index (χ2v) is 6.35.